The molecular weight excluding hydrogens is 444 g/mol. The van der Waals surface area contributed by atoms with Gasteiger partial charge in [-0.1, -0.05) is 47.4 Å². The van der Waals surface area contributed by atoms with Gasteiger partial charge in [0, 0.05) is 4.47 Å². The molecule has 2 rings (SSSR count). The third kappa shape index (κ3) is 5.05. The molecule has 0 aliphatic heterocycles. The number of benzene rings is 2. The van der Waals surface area contributed by atoms with Crippen LogP contribution < -0.4 is 10.1 Å². The van der Waals surface area contributed by atoms with Crippen molar-refractivity contribution >= 4 is 39.4 Å². The lowest BCUT2D eigenvalue weighted by Gasteiger charge is -2.22. The van der Waals surface area contributed by atoms with Crippen molar-refractivity contribution in [2.75, 3.05) is 0 Å². The van der Waals surface area contributed by atoms with Crippen molar-refractivity contribution in [1.29, 1.82) is 0 Å². The Hall–Kier alpha value is -1.99. The fourth-order valence-electron chi connectivity index (χ4n) is 2.41. The van der Waals surface area contributed by atoms with Gasteiger partial charge in [0.2, 0.25) is 0 Å². The summed E-state index contributed by atoms with van der Waals surface area (Å²) in [6, 6.07) is 5.22. The monoisotopic (exact) mass is 459 g/mol. The number of esters is 1. The summed E-state index contributed by atoms with van der Waals surface area (Å²) >= 11 is 9.40. The molecule has 0 saturated carbocycles. The van der Waals surface area contributed by atoms with Crippen LogP contribution in [0.4, 0.5) is 8.78 Å². The Morgan fingerprint density at radius 3 is 2.30 bits per heavy atom. The maximum absolute atomic E-state index is 13.8. The van der Waals surface area contributed by atoms with Gasteiger partial charge in [0.15, 0.2) is 5.75 Å². The molecular formula is C19H17BrClF2NO3. The number of carbonyl (C=O) groups is 2. The van der Waals surface area contributed by atoms with Crippen molar-refractivity contribution in [3.8, 4) is 5.75 Å². The SMILES string of the molecule is Cc1cc(Br)cc(Cl)c1OC(=O)[C@@H](NC(=O)c1c(F)cccc1F)C(C)C. The van der Waals surface area contributed by atoms with Gasteiger partial charge in [-0.25, -0.2) is 13.6 Å². The first-order valence-electron chi connectivity index (χ1n) is 8.04. The molecule has 0 heterocycles. The van der Waals surface area contributed by atoms with Crippen LogP contribution in [-0.4, -0.2) is 17.9 Å². The molecule has 0 fully saturated rings. The highest BCUT2D eigenvalue weighted by atomic mass is 79.9. The number of halogens is 4. The van der Waals surface area contributed by atoms with Gasteiger partial charge in [-0.2, -0.15) is 0 Å². The summed E-state index contributed by atoms with van der Waals surface area (Å²) in [5, 5.41) is 2.55. The zero-order valence-electron chi connectivity index (χ0n) is 14.8. The number of carbonyl (C=O) groups excluding carboxylic acids is 2. The fraction of sp³-hybridized carbons (Fsp3) is 0.263. The lowest BCUT2D eigenvalue weighted by atomic mass is 10.0. The average molecular weight is 461 g/mol. The van der Waals surface area contributed by atoms with Crippen LogP contribution in [0.2, 0.25) is 5.02 Å². The molecule has 0 unspecified atom stereocenters. The molecule has 1 amide bonds. The molecule has 1 atom stereocenters. The number of ether oxygens (including phenoxy) is 1. The van der Waals surface area contributed by atoms with Gasteiger partial charge in [0.05, 0.1) is 5.02 Å². The Kier molecular flexibility index (Phi) is 6.95. The molecule has 2 aromatic carbocycles. The third-order valence-electron chi connectivity index (χ3n) is 3.79. The highest BCUT2D eigenvalue weighted by molar-refractivity contribution is 9.10. The molecule has 0 aromatic heterocycles. The van der Waals surface area contributed by atoms with Crippen LogP contribution in [-0.2, 0) is 4.79 Å². The van der Waals surface area contributed by atoms with Crippen LogP contribution in [0.1, 0.15) is 29.8 Å². The van der Waals surface area contributed by atoms with E-state index in [1.165, 1.54) is 0 Å². The third-order valence-corrected chi connectivity index (χ3v) is 4.53. The maximum Gasteiger partial charge on any atom is 0.334 e. The van der Waals surface area contributed by atoms with Crippen molar-refractivity contribution in [3.63, 3.8) is 0 Å². The van der Waals surface area contributed by atoms with Gasteiger partial charge in [0.1, 0.15) is 23.2 Å². The predicted octanol–water partition coefficient (Wildman–Crippen LogP) is 5.05. The van der Waals surface area contributed by atoms with Crippen LogP contribution in [0, 0.1) is 24.5 Å². The minimum Gasteiger partial charge on any atom is -0.423 e. The van der Waals surface area contributed by atoms with E-state index in [2.05, 4.69) is 21.2 Å². The Morgan fingerprint density at radius 1 is 1.19 bits per heavy atom. The van der Waals surface area contributed by atoms with Gasteiger partial charge in [-0.15, -0.1) is 0 Å². The van der Waals surface area contributed by atoms with Crippen molar-refractivity contribution < 1.29 is 23.1 Å². The Labute approximate surface area is 169 Å². The number of amides is 1. The van der Waals surface area contributed by atoms with E-state index in [-0.39, 0.29) is 10.8 Å². The highest BCUT2D eigenvalue weighted by Crippen LogP contribution is 2.32. The van der Waals surface area contributed by atoms with Crippen LogP contribution >= 0.6 is 27.5 Å². The first-order chi connectivity index (χ1) is 12.6. The second-order valence-electron chi connectivity index (χ2n) is 6.25. The van der Waals surface area contributed by atoms with Gasteiger partial charge >= 0.3 is 5.97 Å². The van der Waals surface area contributed by atoms with Crippen LogP contribution in [0.15, 0.2) is 34.8 Å². The van der Waals surface area contributed by atoms with Crippen molar-refractivity contribution in [2.45, 2.75) is 26.8 Å². The Balaban J connectivity index is 2.25. The topological polar surface area (TPSA) is 55.4 Å². The number of hydrogen-bond donors (Lipinski definition) is 1. The molecule has 1 N–H and O–H groups in total. The molecule has 0 saturated heterocycles. The van der Waals surface area contributed by atoms with E-state index in [1.54, 1.807) is 32.9 Å². The summed E-state index contributed by atoms with van der Waals surface area (Å²) in [7, 11) is 0. The fourth-order valence-corrected chi connectivity index (χ4v) is 3.42. The second kappa shape index (κ2) is 8.80. The summed E-state index contributed by atoms with van der Waals surface area (Å²) in [5.74, 6) is -4.11. The lowest BCUT2D eigenvalue weighted by Crippen LogP contribution is -2.46. The zero-order valence-corrected chi connectivity index (χ0v) is 17.1. The molecule has 0 spiro atoms. The summed E-state index contributed by atoms with van der Waals surface area (Å²) in [6.07, 6.45) is 0. The number of nitrogens with one attached hydrogen (secondary N) is 1. The molecule has 0 aliphatic rings. The van der Waals surface area contributed by atoms with E-state index in [0.29, 0.717) is 10.0 Å². The zero-order chi connectivity index (χ0) is 20.3. The van der Waals surface area contributed by atoms with Crippen molar-refractivity contribution in [1.82, 2.24) is 5.32 Å². The first kappa shape index (κ1) is 21.3. The summed E-state index contributed by atoms with van der Waals surface area (Å²) < 4.78 is 33.7. The van der Waals surface area contributed by atoms with Crippen LogP contribution in [0.5, 0.6) is 5.75 Å². The average Bonchev–Trinajstić information content (AvgIpc) is 2.55. The number of hydrogen-bond acceptors (Lipinski definition) is 3. The Morgan fingerprint density at radius 2 is 1.78 bits per heavy atom. The number of rotatable bonds is 5. The van der Waals surface area contributed by atoms with Crippen molar-refractivity contribution in [3.05, 3.63) is 62.6 Å². The summed E-state index contributed by atoms with van der Waals surface area (Å²) in [5.41, 5.74) is -0.148. The van der Waals surface area contributed by atoms with Crippen LogP contribution in [0.3, 0.4) is 0 Å². The molecule has 144 valence electrons. The molecule has 4 nitrogen and oxygen atoms in total. The van der Waals surface area contributed by atoms with E-state index in [1.807, 2.05) is 0 Å². The van der Waals surface area contributed by atoms with Crippen molar-refractivity contribution in [2.24, 2.45) is 5.92 Å². The van der Waals surface area contributed by atoms with E-state index in [0.717, 1.165) is 18.2 Å². The smallest absolute Gasteiger partial charge is 0.334 e. The van der Waals surface area contributed by atoms with E-state index in [4.69, 9.17) is 16.3 Å². The molecule has 27 heavy (non-hydrogen) atoms. The standard InChI is InChI=1S/C19H17BrClF2NO3/c1-9(2)16(24-18(25)15-13(22)5-4-6-14(15)23)19(26)27-17-10(3)7-11(20)8-12(17)21/h4-9,16H,1-3H3,(H,24,25)/t16-/m0/s1. The molecule has 0 aliphatic carbocycles. The predicted molar refractivity (Wildman–Crippen MR) is 102 cm³/mol. The van der Waals surface area contributed by atoms with Gasteiger partial charge in [0.25, 0.3) is 5.91 Å². The van der Waals surface area contributed by atoms with Gasteiger partial charge in [-0.05, 0) is 42.7 Å². The molecule has 8 heteroatoms. The lowest BCUT2D eigenvalue weighted by molar-refractivity contribution is -0.137. The minimum atomic E-state index is -1.13. The molecule has 0 bridgehead atoms. The van der Waals surface area contributed by atoms with E-state index < -0.39 is 41.0 Å². The summed E-state index contributed by atoms with van der Waals surface area (Å²) in [6.45, 7) is 5.04. The highest BCUT2D eigenvalue weighted by Gasteiger charge is 2.29. The molecule has 0 radical (unpaired) electrons. The minimum absolute atomic E-state index is 0.154. The van der Waals surface area contributed by atoms with Crippen LogP contribution in [0.25, 0.3) is 0 Å². The van der Waals surface area contributed by atoms with E-state index in [9.17, 15) is 18.4 Å². The maximum atomic E-state index is 13.8. The normalized spacial score (nSPS) is 12.0. The van der Waals surface area contributed by atoms with E-state index >= 15 is 0 Å². The first-order valence-corrected chi connectivity index (χ1v) is 9.21. The Bertz CT molecular complexity index is 846. The quantitative estimate of drug-likeness (QED) is 0.502. The van der Waals surface area contributed by atoms with Gasteiger partial charge < -0.3 is 10.1 Å². The largest absolute Gasteiger partial charge is 0.423 e. The summed E-state index contributed by atoms with van der Waals surface area (Å²) in [4.78, 5) is 24.9. The molecule has 2 aromatic rings. The number of aryl methyl sites for hydroxylation is 1. The second-order valence-corrected chi connectivity index (χ2v) is 7.57. The van der Waals surface area contributed by atoms with Gasteiger partial charge in [-0.3, -0.25) is 4.79 Å².